The van der Waals surface area contributed by atoms with E-state index in [1.807, 2.05) is 36.5 Å². The summed E-state index contributed by atoms with van der Waals surface area (Å²) in [6.45, 7) is 2.92. The second-order valence-electron chi connectivity index (χ2n) is 4.53. The maximum Gasteiger partial charge on any atom is 0.126 e. The van der Waals surface area contributed by atoms with E-state index >= 15 is 0 Å². The van der Waals surface area contributed by atoms with Crippen molar-refractivity contribution in [3.8, 4) is 0 Å². The number of aromatic nitrogens is 1. The average Bonchev–Trinajstić information content (AvgIpc) is 2.86. The van der Waals surface area contributed by atoms with Crippen molar-refractivity contribution in [3.05, 3.63) is 45.3 Å². The van der Waals surface area contributed by atoms with Gasteiger partial charge >= 0.3 is 0 Å². The third-order valence-electron chi connectivity index (χ3n) is 3.13. The third kappa shape index (κ3) is 2.34. The van der Waals surface area contributed by atoms with Gasteiger partial charge in [0.15, 0.2) is 0 Å². The first kappa shape index (κ1) is 10.8. The molecule has 0 spiro atoms. The van der Waals surface area contributed by atoms with Gasteiger partial charge in [0.25, 0.3) is 0 Å². The van der Waals surface area contributed by atoms with Gasteiger partial charge in [0.05, 0.1) is 6.54 Å². The van der Waals surface area contributed by atoms with Gasteiger partial charge in [-0.15, -0.1) is 11.3 Å². The van der Waals surface area contributed by atoms with Crippen LogP contribution in [0.2, 0.25) is 0 Å². The summed E-state index contributed by atoms with van der Waals surface area (Å²) in [5, 5.41) is 3.39. The Morgan fingerprint density at radius 1 is 1.35 bits per heavy atom. The summed E-state index contributed by atoms with van der Waals surface area (Å²) >= 11 is 1.96. The number of rotatable bonds is 3. The van der Waals surface area contributed by atoms with E-state index in [2.05, 4.69) is 16.4 Å². The summed E-state index contributed by atoms with van der Waals surface area (Å²) in [7, 11) is 0. The molecule has 0 aromatic carbocycles. The van der Waals surface area contributed by atoms with Crippen LogP contribution in [0.25, 0.3) is 0 Å². The van der Waals surface area contributed by atoms with Crippen LogP contribution in [-0.2, 0) is 19.4 Å². The normalized spacial score (nSPS) is 13.7. The summed E-state index contributed by atoms with van der Waals surface area (Å²) in [6.07, 6.45) is 3.89. The van der Waals surface area contributed by atoms with E-state index < -0.39 is 0 Å². The molecule has 3 heteroatoms. The minimum atomic E-state index is 0.897. The molecule has 0 fully saturated rings. The van der Waals surface area contributed by atoms with Gasteiger partial charge in [0, 0.05) is 15.4 Å². The Kier molecular flexibility index (Phi) is 2.85. The maximum absolute atomic E-state index is 4.45. The summed E-state index contributed by atoms with van der Waals surface area (Å²) in [5.74, 6) is 0.971. The lowest BCUT2D eigenvalue weighted by atomic mass is 10.2. The van der Waals surface area contributed by atoms with E-state index in [1.54, 1.807) is 10.4 Å². The Morgan fingerprint density at radius 3 is 3.12 bits per heavy atom. The fraction of sp³-hybridized carbons (Fsp3) is 0.357. The Labute approximate surface area is 106 Å². The van der Waals surface area contributed by atoms with Gasteiger partial charge in [0.1, 0.15) is 5.82 Å². The van der Waals surface area contributed by atoms with Gasteiger partial charge < -0.3 is 5.32 Å². The Balaban J connectivity index is 1.67. The highest BCUT2D eigenvalue weighted by Crippen LogP contribution is 2.30. The van der Waals surface area contributed by atoms with Crippen molar-refractivity contribution in [1.82, 2.24) is 4.98 Å². The van der Waals surface area contributed by atoms with Crippen molar-refractivity contribution >= 4 is 17.2 Å². The number of aryl methyl sites for hydroxylation is 3. The predicted molar refractivity (Wildman–Crippen MR) is 72.6 cm³/mol. The standard InChI is InChI=1S/C14H16N2S/c1-10-4-2-7-14(16-10)15-9-12-8-11-5-3-6-13(11)17-12/h2,4,7-8H,3,5-6,9H2,1H3,(H,15,16). The van der Waals surface area contributed by atoms with Crippen LogP contribution in [0.1, 0.15) is 27.4 Å². The van der Waals surface area contributed by atoms with Crippen molar-refractivity contribution in [3.63, 3.8) is 0 Å². The second kappa shape index (κ2) is 4.49. The van der Waals surface area contributed by atoms with Crippen molar-refractivity contribution in [2.24, 2.45) is 0 Å². The SMILES string of the molecule is Cc1cccc(NCc2cc3c(s2)CCC3)n1. The van der Waals surface area contributed by atoms with E-state index in [0.29, 0.717) is 0 Å². The molecule has 2 heterocycles. The molecule has 1 N–H and O–H groups in total. The lowest BCUT2D eigenvalue weighted by Gasteiger charge is -2.04. The van der Waals surface area contributed by atoms with Gasteiger partial charge in [-0.2, -0.15) is 0 Å². The highest BCUT2D eigenvalue weighted by Gasteiger charge is 2.14. The van der Waals surface area contributed by atoms with Gasteiger partial charge in [-0.25, -0.2) is 4.98 Å². The molecule has 0 saturated carbocycles. The van der Waals surface area contributed by atoms with Gasteiger partial charge in [-0.05, 0) is 49.9 Å². The minimum absolute atomic E-state index is 0.897. The van der Waals surface area contributed by atoms with Gasteiger partial charge in [-0.1, -0.05) is 6.07 Å². The zero-order valence-electron chi connectivity index (χ0n) is 9.99. The summed E-state index contributed by atoms with van der Waals surface area (Å²) in [4.78, 5) is 7.47. The molecule has 2 aromatic rings. The van der Waals surface area contributed by atoms with Gasteiger partial charge in [0.2, 0.25) is 0 Å². The zero-order valence-corrected chi connectivity index (χ0v) is 10.8. The first-order valence-electron chi connectivity index (χ1n) is 6.09. The average molecular weight is 244 g/mol. The minimum Gasteiger partial charge on any atom is -0.365 e. The van der Waals surface area contributed by atoms with Crippen molar-refractivity contribution in [1.29, 1.82) is 0 Å². The van der Waals surface area contributed by atoms with Crippen LogP contribution in [0.15, 0.2) is 24.3 Å². The molecule has 1 aliphatic rings. The topological polar surface area (TPSA) is 24.9 Å². The molecule has 1 aliphatic carbocycles. The Hall–Kier alpha value is -1.35. The first-order chi connectivity index (χ1) is 8.31. The number of nitrogens with one attached hydrogen (secondary N) is 1. The lowest BCUT2D eigenvalue weighted by Crippen LogP contribution is -2.00. The number of anilines is 1. The quantitative estimate of drug-likeness (QED) is 0.893. The molecule has 0 radical (unpaired) electrons. The molecule has 0 bridgehead atoms. The van der Waals surface area contributed by atoms with E-state index in [4.69, 9.17) is 0 Å². The van der Waals surface area contributed by atoms with Crippen LogP contribution < -0.4 is 5.32 Å². The maximum atomic E-state index is 4.45. The van der Waals surface area contributed by atoms with Crippen LogP contribution in [0.5, 0.6) is 0 Å². The number of hydrogen-bond donors (Lipinski definition) is 1. The first-order valence-corrected chi connectivity index (χ1v) is 6.91. The van der Waals surface area contributed by atoms with Crippen LogP contribution in [0.4, 0.5) is 5.82 Å². The van der Waals surface area contributed by atoms with Crippen LogP contribution in [-0.4, -0.2) is 4.98 Å². The largest absolute Gasteiger partial charge is 0.365 e. The predicted octanol–water partition coefficient (Wildman–Crippen LogP) is 3.55. The fourth-order valence-corrected chi connectivity index (χ4v) is 3.50. The molecule has 0 aliphatic heterocycles. The smallest absolute Gasteiger partial charge is 0.126 e. The molecule has 0 unspecified atom stereocenters. The van der Waals surface area contributed by atoms with E-state index in [1.165, 1.54) is 24.1 Å². The number of hydrogen-bond acceptors (Lipinski definition) is 3. The molecule has 17 heavy (non-hydrogen) atoms. The van der Waals surface area contributed by atoms with E-state index in [9.17, 15) is 0 Å². The summed E-state index contributed by atoms with van der Waals surface area (Å²) in [5.41, 5.74) is 2.63. The Morgan fingerprint density at radius 2 is 2.29 bits per heavy atom. The van der Waals surface area contributed by atoms with Crippen molar-refractivity contribution in [2.45, 2.75) is 32.7 Å². The Bertz CT molecular complexity index is 509. The monoisotopic (exact) mass is 244 g/mol. The van der Waals surface area contributed by atoms with Crippen LogP contribution in [0, 0.1) is 6.92 Å². The number of pyridine rings is 1. The summed E-state index contributed by atoms with van der Waals surface area (Å²) < 4.78 is 0. The molecule has 0 atom stereocenters. The molecule has 3 rings (SSSR count). The summed E-state index contributed by atoms with van der Waals surface area (Å²) in [6, 6.07) is 8.44. The number of nitrogens with zero attached hydrogens (tertiary/aromatic N) is 1. The van der Waals surface area contributed by atoms with Crippen LogP contribution in [0.3, 0.4) is 0 Å². The molecular formula is C14H16N2S. The van der Waals surface area contributed by atoms with E-state index in [-0.39, 0.29) is 0 Å². The number of fused-ring (bicyclic) bond motifs is 1. The molecule has 88 valence electrons. The zero-order chi connectivity index (χ0) is 11.7. The number of thiophene rings is 1. The molecule has 2 aromatic heterocycles. The fourth-order valence-electron chi connectivity index (χ4n) is 2.30. The molecule has 0 saturated heterocycles. The third-order valence-corrected chi connectivity index (χ3v) is 4.37. The van der Waals surface area contributed by atoms with Crippen molar-refractivity contribution < 1.29 is 0 Å². The molecule has 0 amide bonds. The molecular weight excluding hydrogens is 228 g/mol. The highest BCUT2D eigenvalue weighted by atomic mass is 32.1. The lowest BCUT2D eigenvalue weighted by molar-refractivity contribution is 0.913. The van der Waals surface area contributed by atoms with Crippen LogP contribution >= 0.6 is 11.3 Å². The second-order valence-corrected chi connectivity index (χ2v) is 5.75. The highest BCUT2D eigenvalue weighted by molar-refractivity contribution is 7.12. The molecule has 2 nitrogen and oxygen atoms in total. The van der Waals surface area contributed by atoms with E-state index in [0.717, 1.165) is 18.1 Å². The van der Waals surface area contributed by atoms with Gasteiger partial charge in [-0.3, -0.25) is 0 Å². The van der Waals surface area contributed by atoms with Crippen molar-refractivity contribution in [2.75, 3.05) is 5.32 Å².